The Labute approximate surface area is 126 Å². The zero-order chi connectivity index (χ0) is 14.7. The van der Waals surface area contributed by atoms with Gasteiger partial charge in [0.2, 0.25) is 0 Å². The molecule has 0 aliphatic rings. The number of nitrogen functional groups attached to an aromatic ring is 1. The molecule has 0 saturated heterocycles. The predicted octanol–water partition coefficient (Wildman–Crippen LogP) is 4.11. The van der Waals surface area contributed by atoms with Gasteiger partial charge in [-0.1, -0.05) is 23.2 Å². The lowest BCUT2D eigenvalue weighted by molar-refractivity contribution is 0.0601. The smallest absolute Gasteiger partial charge is 0.337 e. The lowest BCUT2D eigenvalue weighted by atomic mass is 10.1. The molecular formula is C14H12Cl2N2O2. The molecule has 2 aromatic carbocycles. The van der Waals surface area contributed by atoms with Gasteiger partial charge in [-0.3, -0.25) is 0 Å². The first kappa shape index (κ1) is 14.5. The molecule has 4 nitrogen and oxygen atoms in total. The maximum absolute atomic E-state index is 11.5. The lowest BCUT2D eigenvalue weighted by Gasteiger charge is -2.11. The summed E-state index contributed by atoms with van der Waals surface area (Å²) in [4.78, 5) is 11.5. The Morgan fingerprint density at radius 2 is 1.80 bits per heavy atom. The van der Waals surface area contributed by atoms with Gasteiger partial charge in [0, 0.05) is 15.7 Å². The first-order valence-corrected chi connectivity index (χ1v) is 6.46. The van der Waals surface area contributed by atoms with Crippen molar-refractivity contribution in [2.45, 2.75) is 0 Å². The third-order valence-electron chi connectivity index (χ3n) is 2.62. The number of nitrogens with one attached hydrogen (secondary N) is 1. The Morgan fingerprint density at radius 1 is 1.15 bits per heavy atom. The summed E-state index contributed by atoms with van der Waals surface area (Å²) in [5, 5.41) is 4.08. The van der Waals surface area contributed by atoms with Crippen LogP contribution in [0.5, 0.6) is 0 Å². The van der Waals surface area contributed by atoms with Gasteiger partial charge in [-0.05, 0) is 36.4 Å². The van der Waals surface area contributed by atoms with Crippen molar-refractivity contribution in [3.8, 4) is 0 Å². The van der Waals surface area contributed by atoms with Crippen molar-refractivity contribution in [3.05, 3.63) is 52.0 Å². The van der Waals surface area contributed by atoms with Crippen LogP contribution in [-0.4, -0.2) is 13.1 Å². The van der Waals surface area contributed by atoms with Crippen molar-refractivity contribution in [2.75, 3.05) is 18.2 Å². The van der Waals surface area contributed by atoms with E-state index >= 15 is 0 Å². The van der Waals surface area contributed by atoms with E-state index in [4.69, 9.17) is 28.9 Å². The van der Waals surface area contributed by atoms with E-state index in [1.54, 1.807) is 36.4 Å². The average molecular weight is 311 g/mol. The Balaban J connectivity index is 2.34. The van der Waals surface area contributed by atoms with Gasteiger partial charge in [0.1, 0.15) is 0 Å². The van der Waals surface area contributed by atoms with E-state index in [9.17, 15) is 4.79 Å². The Kier molecular flexibility index (Phi) is 4.37. The van der Waals surface area contributed by atoms with Gasteiger partial charge in [0.05, 0.1) is 24.0 Å². The number of carbonyl (C=O) groups excluding carboxylic acids is 1. The number of hydrogen-bond donors (Lipinski definition) is 2. The highest BCUT2D eigenvalue weighted by atomic mass is 35.5. The monoisotopic (exact) mass is 310 g/mol. The molecule has 0 aliphatic heterocycles. The second kappa shape index (κ2) is 6.03. The van der Waals surface area contributed by atoms with E-state index in [1.165, 1.54) is 7.11 Å². The highest BCUT2D eigenvalue weighted by molar-refractivity contribution is 6.35. The summed E-state index contributed by atoms with van der Waals surface area (Å²) in [7, 11) is 1.32. The van der Waals surface area contributed by atoms with Gasteiger partial charge in [-0.25, -0.2) is 4.79 Å². The third kappa shape index (κ3) is 3.35. The number of methoxy groups -OCH3 is 1. The fourth-order valence-electron chi connectivity index (χ4n) is 1.69. The van der Waals surface area contributed by atoms with Crippen LogP contribution in [0.25, 0.3) is 0 Å². The normalized spacial score (nSPS) is 10.2. The van der Waals surface area contributed by atoms with Crippen LogP contribution in [0.4, 0.5) is 17.1 Å². The van der Waals surface area contributed by atoms with E-state index in [2.05, 4.69) is 10.1 Å². The van der Waals surface area contributed by atoms with E-state index in [0.717, 1.165) is 0 Å². The molecule has 0 spiro atoms. The van der Waals surface area contributed by atoms with Crippen LogP contribution in [0.1, 0.15) is 10.4 Å². The quantitative estimate of drug-likeness (QED) is 0.661. The van der Waals surface area contributed by atoms with Gasteiger partial charge in [-0.15, -0.1) is 0 Å². The summed E-state index contributed by atoms with van der Waals surface area (Å²) in [5.41, 5.74) is 8.02. The molecule has 20 heavy (non-hydrogen) atoms. The molecule has 0 atom stereocenters. The molecule has 0 saturated carbocycles. The van der Waals surface area contributed by atoms with Crippen LogP contribution < -0.4 is 11.1 Å². The first-order valence-electron chi connectivity index (χ1n) is 5.70. The van der Waals surface area contributed by atoms with Crippen LogP contribution in [0.15, 0.2) is 36.4 Å². The number of anilines is 3. The molecule has 0 aromatic heterocycles. The van der Waals surface area contributed by atoms with Gasteiger partial charge < -0.3 is 15.8 Å². The Hall–Kier alpha value is -1.91. The summed E-state index contributed by atoms with van der Waals surface area (Å²) in [6, 6.07) is 9.87. The standard InChI is InChI=1S/C14H12Cl2N2O2/c1-20-14(19)8-2-3-12(17)13(4-8)18-11-6-9(15)5-10(16)7-11/h2-7,18H,17H2,1H3. The van der Waals surface area contributed by atoms with Gasteiger partial charge in [0.15, 0.2) is 0 Å². The van der Waals surface area contributed by atoms with Gasteiger partial charge >= 0.3 is 5.97 Å². The fourth-order valence-corrected chi connectivity index (χ4v) is 2.22. The Morgan fingerprint density at radius 3 is 2.40 bits per heavy atom. The molecule has 0 bridgehead atoms. The number of carbonyl (C=O) groups is 1. The fraction of sp³-hybridized carbons (Fsp3) is 0.0714. The lowest BCUT2D eigenvalue weighted by Crippen LogP contribution is -2.04. The van der Waals surface area contributed by atoms with Crippen LogP contribution in [0, 0.1) is 0 Å². The highest BCUT2D eigenvalue weighted by Gasteiger charge is 2.09. The van der Waals surface area contributed by atoms with Crippen LogP contribution in [-0.2, 0) is 4.74 Å². The SMILES string of the molecule is COC(=O)c1ccc(N)c(Nc2cc(Cl)cc(Cl)c2)c1. The molecule has 0 radical (unpaired) electrons. The van der Waals surface area contributed by atoms with Crippen LogP contribution in [0.3, 0.4) is 0 Å². The summed E-state index contributed by atoms with van der Waals surface area (Å²) in [5.74, 6) is -0.433. The maximum Gasteiger partial charge on any atom is 0.337 e. The van der Waals surface area contributed by atoms with Gasteiger partial charge in [-0.2, -0.15) is 0 Å². The summed E-state index contributed by atoms with van der Waals surface area (Å²) >= 11 is 11.9. The number of rotatable bonds is 3. The molecule has 0 fully saturated rings. The first-order chi connectivity index (χ1) is 9.49. The van der Waals surface area contributed by atoms with Crippen molar-refractivity contribution in [1.29, 1.82) is 0 Å². The molecule has 6 heteroatoms. The average Bonchev–Trinajstić information content (AvgIpc) is 2.39. The zero-order valence-corrected chi connectivity index (χ0v) is 12.1. The number of benzene rings is 2. The molecule has 3 N–H and O–H groups in total. The molecule has 0 amide bonds. The summed E-state index contributed by atoms with van der Waals surface area (Å²) < 4.78 is 4.67. The number of halogens is 2. The van der Waals surface area contributed by atoms with Crippen LogP contribution >= 0.6 is 23.2 Å². The minimum absolute atomic E-state index is 0.400. The summed E-state index contributed by atoms with van der Waals surface area (Å²) in [6.45, 7) is 0. The minimum atomic E-state index is -0.433. The van der Waals surface area contributed by atoms with Crippen LogP contribution in [0.2, 0.25) is 10.0 Å². The number of nitrogens with two attached hydrogens (primary N) is 1. The molecule has 0 aliphatic carbocycles. The van der Waals surface area contributed by atoms with E-state index in [0.29, 0.717) is 32.7 Å². The maximum atomic E-state index is 11.5. The van der Waals surface area contributed by atoms with E-state index < -0.39 is 5.97 Å². The minimum Gasteiger partial charge on any atom is -0.465 e. The molecule has 0 heterocycles. The molecule has 104 valence electrons. The van der Waals surface area contributed by atoms with Crippen molar-refractivity contribution in [2.24, 2.45) is 0 Å². The van der Waals surface area contributed by atoms with E-state index in [-0.39, 0.29) is 0 Å². The highest BCUT2D eigenvalue weighted by Crippen LogP contribution is 2.28. The van der Waals surface area contributed by atoms with Crippen molar-refractivity contribution >= 4 is 46.2 Å². The summed E-state index contributed by atoms with van der Waals surface area (Å²) in [6.07, 6.45) is 0. The number of esters is 1. The largest absolute Gasteiger partial charge is 0.465 e. The number of hydrogen-bond acceptors (Lipinski definition) is 4. The molecule has 2 aromatic rings. The van der Waals surface area contributed by atoms with Crippen molar-refractivity contribution in [3.63, 3.8) is 0 Å². The zero-order valence-electron chi connectivity index (χ0n) is 10.6. The van der Waals surface area contributed by atoms with Crippen molar-refractivity contribution in [1.82, 2.24) is 0 Å². The second-order valence-electron chi connectivity index (χ2n) is 4.08. The molecular weight excluding hydrogens is 299 g/mol. The van der Waals surface area contributed by atoms with Gasteiger partial charge in [0.25, 0.3) is 0 Å². The second-order valence-corrected chi connectivity index (χ2v) is 4.95. The number of ether oxygens (including phenoxy) is 1. The van der Waals surface area contributed by atoms with Crippen molar-refractivity contribution < 1.29 is 9.53 Å². The van der Waals surface area contributed by atoms with E-state index in [1.807, 2.05) is 0 Å². The Bertz CT molecular complexity index is 639. The molecule has 2 rings (SSSR count). The predicted molar refractivity (Wildman–Crippen MR) is 81.9 cm³/mol. The molecule has 0 unspecified atom stereocenters. The topological polar surface area (TPSA) is 64.3 Å². The third-order valence-corrected chi connectivity index (χ3v) is 3.05.